The third kappa shape index (κ3) is 2.78. The smallest absolute Gasteiger partial charge is 0.313 e. The summed E-state index contributed by atoms with van der Waals surface area (Å²) in [4.78, 5) is 27.5. The predicted molar refractivity (Wildman–Crippen MR) is 68.0 cm³/mol. The molecule has 0 aliphatic carbocycles. The lowest BCUT2D eigenvalue weighted by atomic mass is 10.2. The van der Waals surface area contributed by atoms with Crippen molar-refractivity contribution in [2.45, 2.75) is 27.2 Å². The molecular formula is C13H15N3O3. The quantitative estimate of drug-likeness (QED) is 0.473. The van der Waals surface area contributed by atoms with Crippen molar-refractivity contribution < 1.29 is 14.3 Å². The minimum absolute atomic E-state index is 0.246. The number of ether oxygens (including phenoxy) is 1. The number of ketones is 1. The van der Waals surface area contributed by atoms with Gasteiger partial charge in [0, 0.05) is 0 Å². The first kappa shape index (κ1) is 13.2. The van der Waals surface area contributed by atoms with Crippen molar-refractivity contribution in [3.8, 4) is 0 Å². The molecule has 2 rings (SSSR count). The summed E-state index contributed by atoms with van der Waals surface area (Å²) in [7, 11) is 0. The second-order valence-electron chi connectivity index (χ2n) is 4.27. The normalized spacial score (nSPS) is 10.7. The van der Waals surface area contributed by atoms with E-state index in [-0.39, 0.29) is 24.5 Å². The zero-order valence-corrected chi connectivity index (χ0v) is 11.1. The van der Waals surface area contributed by atoms with Crippen LogP contribution in [0.1, 0.15) is 35.1 Å². The molecule has 2 heterocycles. The third-order valence-electron chi connectivity index (χ3n) is 2.63. The summed E-state index contributed by atoms with van der Waals surface area (Å²) >= 11 is 0. The number of aryl methyl sites for hydroxylation is 2. The zero-order chi connectivity index (χ0) is 14.0. The van der Waals surface area contributed by atoms with Crippen LogP contribution in [0.5, 0.6) is 0 Å². The number of carbonyl (C=O) groups excluding carboxylic acids is 2. The molecule has 0 radical (unpaired) electrons. The van der Waals surface area contributed by atoms with Gasteiger partial charge in [0.1, 0.15) is 12.1 Å². The van der Waals surface area contributed by atoms with Crippen molar-refractivity contribution in [3.05, 3.63) is 29.2 Å². The van der Waals surface area contributed by atoms with Gasteiger partial charge in [0.25, 0.3) is 0 Å². The van der Waals surface area contributed by atoms with Crippen LogP contribution < -0.4 is 0 Å². The van der Waals surface area contributed by atoms with E-state index in [1.54, 1.807) is 23.7 Å². The van der Waals surface area contributed by atoms with Gasteiger partial charge in [-0.1, -0.05) is 0 Å². The lowest BCUT2D eigenvalue weighted by molar-refractivity contribution is -0.141. The Morgan fingerprint density at radius 2 is 2.11 bits per heavy atom. The van der Waals surface area contributed by atoms with E-state index >= 15 is 0 Å². The molecule has 0 aliphatic heterocycles. The average molecular weight is 261 g/mol. The van der Waals surface area contributed by atoms with Crippen molar-refractivity contribution in [2.75, 3.05) is 6.61 Å². The number of esters is 1. The number of hydrogen-bond donors (Lipinski definition) is 0. The van der Waals surface area contributed by atoms with Crippen molar-refractivity contribution in [1.29, 1.82) is 0 Å². The van der Waals surface area contributed by atoms with E-state index in [1.807, 2.05) is 13.8 Å². The molecule has 0 spiro atoms. The summed E-state index contributed by atoms with van der Waals surface area (Å²) in [5.74, 6) is -0.885. The highest BCUT2D eigenvalue weighted by molar-refractivity contribution is 6.04. The van der Waals surface area contributed by atoms with E-state index in [0.717, 1.165) is 11.3 Å². The largest absolute Gasteiger partial charge is 0.466 e. The highest BCUT2D eigenvalue weighted by atomic mass is 16.5. The number of rotatable bonds is 4. The number of hydrogen-bond acceptors (Lipinski definition) is 5. The second-order valence-corrected chi connectivity index (χ2v) is 4.27. The fourth-order valence-electron chi connectivity index (χ4n) is 1.81. The molecule has 0 bridgehead atoms. The van der Waals surface area contributed by atoms with Crippen molar-refractivity contribution in [3.63, 3.8) is 0 Å². The molecule has 19 heavy (non-hydrogen) atoms. The molecule has 2 aromatic rings. The van der Waals surface area contributed by atoms with Gasteiger partial charge in [-0.3, -0.25) is 9.59 Å². The number of nitrogens with zero attached hydrogens (tertiary/aromatic N) is 3. The van der Waals surface area contributed by atoms with Gasteiger partial charge in [-0.25, -0.2) is 9.50 Å². The average Bonchev–Trinajstić information content (AvgIpc) is 2.70. The Hall–Kier alpha value is -2.24. The SMILES string of the molecule is CCOC(=O)CC(=O)c1cc(C)c2nc(C)cn2n1. The molecule has 6 heteroatoms. The summed E-state index contributed by atoms with van der Waals surface area (Å²) < 4.78 is 6.31. The summed E-state index contributed by atoms with van der Waals surface area (Å²) in [5, 5.41) is 4.17. The van der Waals surface area contributed by atoms with Crippen LogP contribution in [0.25, 0.3) is 5.65 Å². The van der Waals surface area contributed by atoms with E-state index in [2.05, 4.69) is 10.1 Å². The Bertz CT molecular complexity index is 646. The van der Waals surface area contributed by atoms with Gasteiger partial charge >= 0.3 is 5.97 Å². The molecule has 2 aromatic heterocycles. The van der Waals surface area contributed by atoms with Crippen molar-refractivity contribution in [2.24, 2.45) is 0 Å². The van der Waals surface area contributed by atoms with E-state index < -0.39 is 5.97 Å². The van der Waals surface area contributed by atoms with Gasteiger partial charge < -0.3 is 4.74 Å². The number of imidazole rings is 1. The summed E-state index contributed by atoms with van der Waals surface area (Å²) in [6.45, 7) is 5.67. The summed E-state index contributed by atoms with van der Waals surface area (Å²) in [5.41, 5.74) is 2.63. The number of carbonyl (C=O) groups is 2. The van der Waals surface area contributed by atoms with Crippen LogP contribution in [0, 0.1) is 13.8 Å². The van der Waals surface area contributed by atoms with E-state index in [1.165, 1.54) is 0 Å². The molecule has 0 aromatic carbocycles. The zero-order valence-electron chi connectivity index (χ0n) is 11.1. The maximum atomic E-state index is 11.9. The van der Waals surface area contributed by atoms with Gasteiger partial charge in [-0.05, 0) is 32.4 Å². The van der Waals surface area contributed by atoms with Crippen LogP contribution in [-0.4, -0.2) is 33.0 Å². The third-order valence-corrected chi connectivity index (χ3v) is 2.63. The molecule has 6 nitrogen and oxygen atoms in total. The monoisotopic (exact) mass is 261 g/mol. The molecule has 0 fully saturated rings. The standard InChI is InChI=1S/C13H15N3O3/c1-4-19-12(18)6-11(17)10-5-8(2)13-14-9(3)7-16(13)15-10/h5,7H,4,6H2,1-3H3. The van der Waals surface area contributed by atoms with Gasteiger partial charge in [0.2, 0.25) is 0 Å². The van der Waals surface area contributed by atoms with Crippen LogP contribution in [0.3, 0.4) is 0 Å². The molecule has 0 N–H and O–H groups in total. The predicted octanol–water partition coefficient (Wildman–Crippen LogP) is 1.48. The Kier molecular flexibility index (Phi) is 3.59. The van der Waals surface area contributed by atoms with E-state index in [4.69, 9.17) is 4.74 Å². The van der Waals surface area contributed by atoms with Crippen LogP contribution in [0.15, 0.2) is 12.3 Å². The number of fused-ring (bicyclic) bond motifs is 1. The minimum atomic E-state index is -0.533. The van der Waals surface area contributed by atoms with Gasteiger partial charge in [0.15, 0.2) is 11.4 Å². The Balaban J connectivity index is 2.29. The maximum Gasteiger partial charge on any atom is 0.313 e. The summed E-state index contributed by atoms with van der Waals surface area (Å²) in [6, 6.07) is 1.64. The lowest BCUT2D eigenvalue weighted by Crippen LogP contribution is -2.14. The van der Waals surface area contributed by atoms with Gasteiger partial charge in [-0.2, -0.15) is 5.10 Å². The minimum Gasteiger partial charge on any atom is -0.466 e. The van der Waals surface area contributed by atoms with Crippen LogP contribution >= 0.6 is 0 Å². The number of aromatic nitrogens is 3. The highest BCUT2D eigenvalue weighted by Gasteiger charge is 2.16. The Labute approximate surface area is 110 Å². The first-order valence-electron chi connectivity index (χ1n) is 6.03. The van der Waals surface area contributed by atoms with Crippen molar-refractivity contribution >= 4 is 17.4 Å². The fraction of sp³-hybridized carbons (Fsp3) is 0.385. The Morgan fingerprint density at radius 3 is 2.79 bits per heavy atom. The fourth-order valence-corrected chi connectivity index (χ4v) is 1.81. The van der Waals surface area contributed by atoms with Crippen LogP contribution in [0.4, 0.5) is 0 Å². The molecule has 0 amide bonds. The molecule has 0 atom stereocenters. The van der Waals surface area contributed by atoms with E-state index in [0.29, 0.717) is 5.65 Å². The molecular weight excluding hydrogens is 246 g/mol. The summed E-state index contributed by atoms with van der Waals surface area (Å²) in [6.07, 6.45) is 1.45. The van der Waals surface area contributed by atoms with Crippen LogP contribution in [-0.2, 0) is 9.53 Å². The van der Waals surface area contributed by atoms with Crippen molar-refractivity contribution in [1.82, 2.24) is 14.6 Å². The maximum absolute atomic E-state index is 11.9. The Morgan fingerprint density at radius 1 is 1.37 bits per heavy atom. The van der Waals surface area contributed by atoms with Gasteiger partial charge in [0.05, 0.1) is 18.5 Å². The topological polar surface area (TPSA) is 73.6 Å². The number of Topliss-reactive ketones (excluding diaryl/α,β-unsaturated/α-hetero) is 1. The first-order valence-corrected chi connectivity index (χ1v) is 6.03. The molecule has 0 aliphatic rings. The molecule has 100 valence electrons. The second kappa shape index (κ2) is 5.17. The van der Waals surface area contributed by atoms with Crippen LogP contribution in [0.2, 0.25) is 0 Å². The highest BCUT2D eigenvalue weighted by Crippen LogP contribution is 2.11. The van der Waals surface area contributed by atoms with E-state index in [9.17, 15) is 9.59 Å². The molecule has 0 saturated carbocycles. The first-order chi connectivity index (χ1) is 9.01. The van der Waals surface area contributed by atoms with Gasteiger partial charge in [-0.15, -0.1) is 0 Å². The lowest BCUT2D eigenvalue weighted by Gasteiger charge is -2.03. The molecule has 0 unspecified atom stereocenters. The molecule has 0 saturated heterocycles.